The smallest absolute Gasteiger partial charge is 0.249 e. The van der Waals surface area contributed by atoms with Gasteiger partial charge < -0.3 is 0 Å². The number of benzene rings is 2. The highest BCUT2D eigenvalue weighted by molar-refractivity contribution is 6.27. The largest absolute Gasteiger partial charge is 0.284 e. The van der Waals surface area contributed by atoms with E-state index in [4.69, 9.17) is 10.4 Å². The van der Waals surface area contributed by atoms with Crippen LogP contribution in [0.25, 0.3) is 0 Å². The third kappa shape index (κ3) is 7.91. The fourth-order valence-corrected chi connectivity index (χ4v) is 7.68. The molecule has 0 aliphatic heterocycles. The number of unbranched alkanes of at least 4 members (excludes halogenated alkanes) is 13. The molecule has 2 aliphatic rings. The molecule has 0 N–H and O–H groups in total. The van der Waals surface area contributed by atoms with Gasteiger partial charge in [0.05, 0.1) is 10.4 Å². The van der Waals surface area contributed by atoms with Crippen LogP contribution in [0.3, 0.4) is 0 Å². The average molecular weight is 707 g/mol. The Labute approximate surface area is 307 Å². The van der Waals surface area contributed by atoms with E-state index in [9.17, 15) is 19.2 Å². The highest BCUT2D eigenvalue weighted by Gasteiger charge is 2.43. The van der Waals surface area contributed by atoms with E-state index in [0.29, 0.717) is 71.2 Å². The molecule has 2 heterocycles. The van der Waals surface area contributed by atoms with E-state index in [-0.39, 0.29) is 23.1 Å². The van der Waals surface area contributed by atoms with Crippen molar-refractivity contribution in [2.75, 3.05) is 0 Å². The first kappa shape index (κ1) is 37.2. The number of hydrogen-bond acceptors (Lipinski definition) is 6. The Morgan fingerprint density at radius 1 is 0.442 bits per heavy atom. The Hall–Kier alpha value is -4.60. The van der Waals surface area contributed by atoms with Gasteiger partial charge in [0.1, 0.15) is 26.2 Å². The van der Waals surface area contributed by atoms with E-state index in [1.54, 1.807) is 67.3 Å². The van der Waals surface area contributed by atoms with E-state index in [0.717, 1.165) is 64.2 Å². The number of fused-ring (bicyclic) bond motifs is 4. The molecule has 0 unspecified atom stereocenters. The van der Waals surface area contributed by atoms with Gasteiger partial charge in [0, 0.05) is 22.3 Å². The Kier molecular flexibility index (Phi) is 12.7. The van der Waals surface area contributed by atoms with Crippen molar-refractivity contribution in [3.8, 4) is 0 Å². The molecule has 52 heavy (non-hydrogen) atoms. The molecule has 0 fully saturated rings. The maximum Gasteiger partial charge on any atom is 0.249 e. The Bertz CT molecular complexity index is 1780. The van der Waals surface area contributed by atoms with Crippen molar-refractivity contribution in [2.45, 2.75) is 143 Å². The molecule has 0 bridgehead atoms. The van der Waals surface area contributed by atoms with Crippen LogP contribution in [0.15, 0.2) is 48.5 Å². The minimum absolute atomic E-state index is 0.130. The lowest BCUT2D eigenvalue weighted by Gasteiger charge is -2.11. The second-order valence-electron chi connectivity index (χ2n) is 14.4. The number of hydrogen-bond donors (Lipinski definition) is 0. The topological polar surface area (TPSA) is 112 Å². The molecule has 4 aromatic rings. The molecule has 2 aromatic heterocycles. The van der Waals surface area contributed by atoms with Crippen molar-refractivity contribution in [3.05, 3.63) is 93.6 Å². The van der Waals surface area contributed by atoms with Crippen LogP contribution in [-0.2, 0) is 26.2 Å². The van der Waals surface area contributed by atoms with Crippen molar-refractivity contribution >= 4 is 23.1 Å². The normalized spacial score (nSPS) is 13.3. The van der Waals surface area contributed by atoms with Gasteiger partial charge in [-0.2, -0.15) is 0 Å². The van der Waals surface area contributed by atoms with Gasteiger partial charge in [-0.3, -0.25) is 19.2 Å². The molecular formula is C42H54N6O4+2. The molecule has 10 heteroatoms. The first-order chi connectivity index (χ1) is 25.5. The maximum absolute atomic E-state index is 13.7. The Morgan fingerprint density at radius 2 is 0.769 bits per heavy atom. The molecule has 0 spiro atoms. The molecule has 6 rings (SSSR count). The summed E-state index contributed by atoms with van der Waals surface area (Å²) in [7, 11) is 0. The van der Waals surface area contributed by atoms with E-state index < -0.39 is 0 Å². The van der Waals surface area contributed by atoms with Crippen LogP contribution in [-0.4, -0.2) is 42.9 Å². The summed E-state index contributed by atoms with van der Waals surface area (Å²) in [6, 6.07) is 14.1. The average Bonchev–Trinajstić information content (AvgIpc) is 3.72. The predicted octanol–water partition coefficient (Wildman–Crippen LogP) is 7.19. The SMILES string of the molecule is CCCCCCCC[n+]1nn(CCCCCCn2n[n+](CCCCCCCC)c3c2C(=O)c2ccccc2C3=O)c2c1C(=O)c1ccccc1C2=O. The minimum Gasteiger partial charge on any atom is -0.284 e. The predicted molar refractivity (Wildman–Crippen MR) is 197 cm³/mol. The van der Waals surface area contributed by atoms with Crippen LogP contribution < -0.4 is 9.36 Å². The van der Waals surface area contributed by atoms with Crippen molar-refractivity contribution in [1.82, 2.24) is 19.8 Å². The second-order valence-corrected chi connectivity index (χ2v) is 14.4. The van der Waals surface area contributed by atoms with Gasteiger partial charge >= 0.3 is 0 Å². The van der Waals surface area contributed by atoms with Crippen LogP contribution in [0.2, 0.25) is 0 Å². The monoisotopic (exact) mass is 706 g/mol. The third-order valence-electron chi connectivity index (χ3n) is 10.5. The summed E-state index contributed by atoms with van der Waals surface area (Å²) in [6.45, 7) is 6.71. The molecule has 2 aliphatic carbocycles. The molecule has 0 radical (unpaired) electrons. The lowest BCUT2D eigenvalue weighted by Crippen LogP contribution is -2.43. The summed E-state index contributed by atoms with van der Waals surface area (Å²) in [4.78, 5) is 54.7. The van der Waals surface area contributed by atoms with Crippen LogP contribution in [0, 0.1) is 0 Å². The van der Waals surface area contributed by atoms with Gasteiger partial charge in [-0.05, 0) is 51.4 Å². The number of aryl methyl sites for hydroxylation is 4. The van der Waals surface area contributed by atoms with Gasteiger partial charge in [0.2, 0.25) is 45.9 Å². The number of carbonyl (C=O) groups is 4. The van der Waals surface area contributed by atoms with Crippen molar-refractivity contribution in [2.24, 2.45) is 0 Å². The third-order valence-corrected chi connectivity index (χ3v) is 10.5. The summed E-state index contributed by atoms with van der Waals surface area (Å²) in [5.41, 5.74) is 3.42. The minimum atomic E-state index is -0.141. The highest BCUT2D eigenvalue weighted by atomic mass is 16.2. The molecule has 0 atom stereocenters. The fourth-order valence-electron chi connectivity index (χ4n) is 7.68. The standard InChI is InChI=1S/C42H54N6O4/c1-3-5-7-9-11-19-27-45-35-37(41(51)33-25-17-15-23-31(33)39(35)49)47(43-45)29-21-13-14-22-30-48-38-36(46(44-48)28-20-12-10-8-6-4-2)40(50)32-24-16-18-26-34(32)42(38)52/h15-18,23-26H,3-14,19-22,27-30H2,1-2H3/q+2. The number of rotatable bonds is 21. The second kappa shape index (κ2) is 17.8. The quantitative estimate of drug-likeness (QED) is 0.0579. The fraction of sp³-hybridized carbons (Fsp3) is 0.524. The zero-order valence-electron chi connectivity index (χ0n) is 31.1. The van der Waals surface area contributed by atoms with Crippen molar-refractivity contribution in [3.63, 3.8) is 0 Å². The molecule has 10 nitrogen and oxygen atoms in total. The van der Waals surface area contributed by atoms with Crippen LogP contribution >= 0.6 is 0 Å². The first-order valence-corrected chi connectivity index (χ1v) is 19.8. The number of ketones is 4. The highest BCUT2D eigenvalue weighted by Crippen LogP contribution is 2.27. The maximum atomic E-state index is 13.7. The van der Waals surface area contributed by atoms with Crippen LogP contribution in [0.5, 0.6) is 0 Å². The number of carbonyl (C=O) groups excluding carboxylic acids is 4. The molecule has 0 saturated heterocycles. The molecule has 0 amide bonds. The zero-order valence-corrected chi connectivity index (χ0v) is 31.1. The summed E-state index contributed by atoms with van der Waals surface area (Å²) in [5, 5.41) is 9.62. The van der Waals surface area contributed by atoms with E-state index in [1.807, 2.05) is 0 Å². The molecule has 2 aromatic carbocycles. The van der Waals surface area contributed by atoms with Gasteiger partial charge in [-0.15, -0.1) is 18.7 Å². The van der Waals surface area contributed by atoms with Crippen molar-refractivity contribution in [1.29, 1.82) is 0 Å². The van der Waals surface area contributed by atoms with Gasteiger partial charge in [-0.25, -0.2) is 0 Å². The van der Waals surface area contributed by atoms with E-state index in [2.05, 4.69) is 13.8 Å². The van der Waals surface area contributed by atoms with E-state index in [1.165, 1.54) is 38.5 Å². The molecular weight excluding hydrogens is 653 g/mol. The van der Waals surface area contributed by atoms with Crippen molar-refractivity contribution < 1.29 is 28.5 Å². The number of nitrogens with zero attached hydrogens (tertiary/aromatic N) is 6. The van der Waals surface area contributed by atoms with Crippen LogP contribution in [0.4, 0.5) is 0 Å². The van der Waals surface area contributed by atoms with Crippen LogP contribution in [0.1, 0.15) is 181 Å². The van der Waals surface area contributed by atoms with Gasteiger partial charge in [-0.1, -0.05) is 114 Å². The Morgan fingerprint density at radius 3 is 1.15 bits per heavy atom. The first-order valence-electron chi connectivity index (χ1n) is 19.8. The summed E-state index contributed by atoms with van der Waals surface area (Å²) >= 11 is 0. The van der Waals surface area contributed by atoms with E-state index >= 15 is 0 Å². The number of aromatic nitrogens is 6. The summed E-state index contributed by atoms with van der Waals surface area (Å²) in [6.07, 6.45) is 16.9. The van der Waals surface area contributed by atoms with Gasteiger partial charge in [0.15, 0.2) is 0 Å². The summed E-state index contributed by atoms with van der Waals surface area (Å²) < 4.78 is 7.03. The van der Waals surface area contributed by atoms with Gasteiger partial charge in [0.25, 0.3) is 0 Å². The zero-order chi connectivity index (χ0) is 36.5. The molecule has 274 valence electrons. The Balaban J connectivity index is 1.10. The molecule has 0 saturated carbocycles. The summed E-state index contributed by atoms with van der Waals surface area (Å²) in [5.74, 6) is -0.542. The lowest BCUT2D eigenvalue weighted by atomic mass is 9.89. The lowest BCUT2D eigenvalue weighted by molar-refractivity contribution is -0.757.